The van der Waals surface area contributed by atoms with Crippen LogP contribution >= 0.6 is 0 Å². The molecular formula is C14H22N2O2. The summed E-state index contributed by atoms with van der Waals surface area (Å²) in [7, 11) is 0. The normalized spacial score (nSPS) is 11.1. The monoisotopic (exact) mass is 250 g/mol. The maximum Gasteiger partial charge on any atom is 0.411 e. The zero-order chi connectivity index (χ0) is 13.6. The largest absolute Gasteiger partial charge is 0.447 e. The van der Waals surface area contributed by atoms with Gasteiger partial charge in [0.2, 0.25) is 0 Å². The van der Waals surface area contributed by atoms with E-state index in [2.05, 4.69) is 5.32 Å². The molecule has 4 heteroatoms. The molecule has 0 spiro atoms. The van der Waals surface area contributed by atoms with E-state index in [0.29, 0.717) is 0 Å². The summed E-state index contributed by atoms with van der Waals surface area (Å²) in [5.74, 6) is 0. The van der Waals surface area contributed by atoms with Gasteiger partial charge in [0.1, 0.15) is 6.61 Å². The third kappa shape index (κ3) is 4.37. The molecule has 1 rings (SSSR count). The Bertz CT molecular complexity index is 401. The van der Waals surface area contributed by atoms with Gasteiger partial charge in [-0.1, -0.05) is 26.0 Å². The lowest BCUT2D eigenvalue weighted by atomic mass is 9.96. The lowest BCUT2D eigenvalue weighted by molar-refractivity contribution is 0.125. The minimum Gasteiger partial charge on any atom is -0.447 e. The van der Waals surface area contributed by atoms with E-state index >= 15 is 0 Å². The van der Waals surface area contributed by atoms with Crippen LogP contribution in [0.3, 0.4) is 0 Å². The SMILES string of the molecule is CCC(N)(CC)COC(=O)Nc1cccc(C)c1. The van der Waals surface area contributed by atoms with Gasteiger partial charge >= 0.3 is 6.09 Å². The molecule has 0 bridgehead atoms. The smallest absolute Gasteiger partial charge is 0.411 e. The van der Waals surface area contributed by atoms with Crippen LogP contribution in [0.1, 0.15) is 32.3 Å². The Morgan fingerprint density at radius 1 is 1.39 bits per heavy atom. The van der Waals surface area contributed by atoms with Crippen LogP contribution in [0.25, 0.3) is 0 Å². The molecule has 100 valence electrons. The molecule has 0 radical (unpaired) electrons. The number of anilines is 1. The third-order valence-electron chi connectivity index (χ3n) is 3.16. The summed E-state index contributed by atoms with van der Waals surface area (Å²) in [4.78, 5) is 11.6. The fourth-order valence-electron chi connectivity index (χ4n) is 1.54. The number of rotatable bonds is 5. The van der Waals surface area contributed by atoms with E-state index in [1.165, 1.54) is 0 Å². The first kappa shape index (κ1) is 14.5. The van der Waals surface area contributed by atoms with Crippen molar-refractivity contribution in [3.05, 3.63) is 29.8 Å². The molecule has 0 unspecified atom stereocenters. The lowest BCUT2D eigenvalue weighted by Gasteiger charge is -2.25. The molecule has 1 aromatic rings. The lowest BCUT2D eigenvalue weighted by Crippen LogP contribution is -2.44. The zero-order valence-corrected chi connectivity index (χ0v) is 11.3. The molecule has 0 saturated carbocycles. The van der Waals surface area contributed by atoms with Crippen molar-refractivity contribution in [1.82, 2.24) is 0 Å². The van der Waals surface area contributed by atoms with Crippen LogP contribution in [-0.4, -0.2) is 18.2 Å². The first-order valence-corrected chi connectivity index (χ1v) is 6.28. The van der Waals surface area contributed by atoms with Gasteiger partial charge in [0, 0.05) is 11.2 Å². The maximum atomic E-state index is 11.6. The Labute approximate surface area is 109 Å². The average Bonchev–Trinajstić information content (AvgIpc) is 2.36. The number of nitrogens with two attached hydrogens (primary N) is 1. The van der Waals surface area contributed by atoms with E-state index < -0.39 is 11.6 Å². The molecule has 0 fully saturated rings. The summed E-state index contributed by atoms with van der Waals surface area (Å²) >= 11 is 0. The first-order valence-electron chi connectivity index (χ1n) is 6.28. The van der Waals surface area contributed by atoms with Gasteiger partial charge < -0.3 is 10.5 Å². The number of ether oxygens (including phenoxy) is 1. The summed E-state index contributed by atoms with van der Waals surface area (Å²) in [6, 6.07) is 7.56. The Hall–Kier alpha value is -1.55. The predicted octanol–water partition coefficient (Wildman–Crippen LogP) is 3.06. The molecule has 1 aromatic carbocycles. The van der Waals surface area contributed by atoms with Crippen molar-refractivity contribution in [2.75, 3.05) is 11.9 Å². The van der Waals surface area contributed by atoms with Crippen LogP contribution in [0.5, 0.6) is 0 Å². The van der Waals surface area contributed by atoms with E-state index in [1.54, 1.807) is 0 Å². The third-order valence-corrected chi connectivity index (χ3v) is 3.16. The minimum absolute atomic E-state index is 0.234. The molecule has 0 aliphatic carbocycles. The summed E-state index contributed by atoms with van der Waals surface area (Å²) < 4.78 is 5.16. The molecule has 1 amide bonds. The zero-order valence-electron chi connectivity index (χ0n) is 11.3. The molecular weight excluding hydrogens is 228 g/mol. The fourth-order valence-corrected chi connectivity index (χ4v) is 1.54. The Morgan fingerprint density at radius 3 is 2.61 bits per heavy atom. The van der Waals surface area contributed by atoms with Gasteiger partial charge in [0.05, 0.1) is 0 Å². The second-order valence-electron chi connectivity index (χ2n) is 4.64. The summed E-state index contributed by atoms with van der Waals surface area (Å²) in [5.41, 5.74) is 7.45. The standard InChI is InChI=1S/C14H22N2O2/c1-4-14(15,5-2)10-18-13(17)16-12-8-6-7-11(3)9-12/h6-9H,4-5,10,15H2,1-3H3,(H,16,17). The van der Waals surface area contributed by atoms with Crippen LogP contribution in [0.4, 0.5) is 10.5 Å². The van der Waals surface area contributed by atoms with E-state index in [4.69, 9.17) is 10.5 Å². The molecule has 0 heterocycles. The predicted molar refractivity (Wildman–Crippen MR) is 73.7 cm³/mol. The van der Waals surface area contributed by atoms with Crippen molar-refractivity contribution in [2.24, 2.45) is 5.73 Å². The highest BCUT2D eigenvalue weighted by atomic mass is 16.5. The Kier molecular flexibility index (Phi) is 5.16. The molecule has 4 nitrogen and oxygen atoms in total. The number of hydrogen-bond acceptors (Lipinski definition) is 3. The number of aryl methyl sites for hydroxylation is 1. The van der Waals surface area contributed by atoms with Crippen LogP contribution < -0.4 is 11.1 Å². The van der Waals surface area contributed by atoms with Crippen molar-refractivity contribution in [1.29, 1.82) is 0 Å². The molecule has 0 aliphatic heterocycles. The minimum atomic E-state index is -0.461. The van der Waals surface area contributed by atoms with Gasteiger partial charge in [-0.25, -0.2) is 4.79 Å². The number of benzene rings is 1. The number of hydrogen-bond donors (Lipinski definition) is 2. The van der Waals surface area contributed by atoms with Crippen molar-refractivity contribution in [2.45, 2.75) is 39.2 Å². The van der Waals surface area contributed by atoms with Crippen LogP contribution in [0.2, 0.25) is 0 Å². The molecule has 18 heavy (non-hydrogen) atoms. The van der Waals surface area contributed by atoms with Crippen molar-refractivity contribution >= 4 is 11.8 Å². The number of nitrogens with one attached hydrogen (secondary N) is 1. The maximum absolute atomic E-state index is 11.6. The van der Waals surface area contributed by atoms with E-state index in [-0.39, 0.29) is 6.61 Å². The van der Waals surface area contributed by atoms with Crippen molar-refractivity contribution in [3.8, 4) is 0 Å². The van der Waals surface area contributed by atoms with E-state index in [9.17, 15) is 4.79 Å². The fraction of sp³-hybridized carbons (Fsp3) is 0.500. The molecule has 3 N–H and O–H groups in total. The summed E-state index contributed by atoms with van der Waals surface area (Å²) in [6.45, 7) is 6.18. The van der Waals surface area contributed by atoms with Crippen molar-refractivity contribution in [3.63, 3.8) is 0 Å². The average molecular weight is 250 g/mol. The Morgan fingerprint density at radius 2 is 2.06 bits per heavy atom. The van der Waals surface area contributed by atoms with Gasteiger partial charge in [-0.15, -0.1) is 0 Å². The van der Waals surface area contributed by atoms with Gasteiger partial charge in [-0.2, -0.15) is 0 Å². The second-order valence-corrected chi connectivity index (χ2v) is 4.64. The highest BCUT2D eigenvalue weighted by Gasteiger charge is 2.22. The van der Waals surface area contributed by atoms with Gasteiger partial charge in [0.15, 0.2) is 0 Å². The Balaban J connectivity index is 2.47. The number of carbonyl (C=O) groups excluding carboxylic acids is 1. The van der Waals surface area contributed by atoms with Crippen LogP contribution in [0, 0.1) is 6.92 Å². The van der Waals surface area contributed by atoms with Crippen molar-refractivity contribution < 1.29 is 9.53 Å². The molecule has 0 aromatic heterocycles. The highest BCUT2D eigenvalue weighted by Crippen LogP contribution is 2.13. The molecule has 0 saturated heterocycles. The quantitative estimate of drug-likeness (QED) is 0.844. The van der Waals surface area contributed by atoms with E-state index in [0.717, 1.165) is 24.1 Å². The summed E-state index contributed by atoms with van der Waals surface area (Å²) in [6.07, 6.45) is 1.10. The van der Waals surface area contributed by atoms with Gasteiger partial charge in [0.25, 0.3) is 0 Å². The van der Waals surface area contributed by atoms with Gasteiger partial charge in [-0.05, 0) is 37.5 Å². The molecule has 0 atom stereocenters. The van der Waals surface area contributed by atoms with Gasteiger partial charge in [-0.3, -0.25) is 5.32 Å². The van der Waals surface area contributed by atoms with Crippen LogP contribution in [-0.2, 0) is 4.74 Å². The number of amides is 1. The highest BCUT2D eigenvalue weighted by molar-refractivity contribution is 5.84. The first-order chi connectivity index (χ1) is 8.49. The second kappa shape index (κ2) is 6.40. The molecule has 0 aliphatic rings. The van der Waals surface area contributed by atoms with Crippen LogP contribution in [0.15, 0.2) is 24.3 Å². The number of carbonyl (C=O) groups is 1. The summed E-state index contributed by atoms with van der Waals surface area (Å²) in [5, 5.41) is 2.69. The van der Waals surface area contributed by atoms with E-state index in [1.807, 2.05) is 45.0 Å². The topological polar surface area (TPSA) is 64.3 Å².